The zero-order valence-electron chi connectivity index (χ0n) is 12.4. The van der Waals surface area contributed by atoms with Crippen LogP contribution in [0.3, 0.4) is 0 Å². The highest BCUT2D eigenvalue weighted by atomic mass is 32.1. The van der Waals surface area contributed by atoms with Crippen molar-refractivity contribution in [3.63, 3.8) is 0 Å². The van der Waals surface area contributed by atoms with E-state index in [4.69, 9.17) is 0 Å². The average Bonchev–Trinajstić information content (AvgIpc) is 3.16. The number of carbonyl (C=O) groups is 1. The third kappa shape index (κ3) is 3.10. The molecule has 22 heavy (non-hydrogen) atoms. The molecule has 0 bridgehead atoms. The Balaban J connectivity index is 1.76. The van der Waals surface area contributed by atoms with Crippen molar-refractivity contribution >= 4 is 33.7 Å². The van der Waals surface area contributed by atoms with Gasteiger partial charge in [-0.3, -0.25) is 10.1 Å². The normalized spacial score (nSPS) is 10.6. The van der Waals surface area contributed by atoms with Gasteiger partial charge in [-0.1, -0.05) is 31.2 Å². The van der Waals surface area contributed by atoms with Crippen LogP contribution in [0.15, 0.2) is 41.1 Å². The van der Waals surface area contributed by atoms with Gasteiger partial charge in [-0.2, -0.15) is 0 Å². The monoisotopic (exact) mass is 328 g/mol. The Kier molecular flexibility index (Phi) is 4.36. The van der Waals surface area contributed by atoms with Gasteiger partial charge < -0.3 is 0 Å². The first-order chi connectivity index (χ1) is 10.7. The van der Waals surface area contributed by atoms with E-state index in [1.807, 2.05) is 23.8 Å². The first-order valence-electron chi connectivity index (χ1n) is 7.07. The van der Waals surface area contributed by atoms with E-state index in [2.05, 4.69) is 41.5 Å². The summed E-state index contributed by atoms with van der Waals surface area (Å²) in [6.07, 6.45) is 1.03. The minimum atomic E-state index is -0.0882. The molecule has 0 aliphatic rings. The summed E-state index contributed by atoms with van der Waals surface area (Å²) in [5.74, 6) is -0.0882. The lowest BCUT2D eigenvalue weighted by atomic mass is 10.1. The second-order valence-electron chi connectivity index (χ2n) is 4.98. The molecular formula is C17H16N2OS2. The summed E-state index contributed by atoms with van der Waals surface area (Å²) >= 11 is 2.90. The molecular weight excluding hydrogens is 312 g/mol. The molecule has 1 aromatic carbocycles. The van der Waals surface area contributed by atoms with Crippen LogP contribution in [0, 0.1) is 6.92 Å². The number of anilines is 1. The standard InChI is InChI=1S/C17H16N2OS2/c1-3-12-4-6-13(7-5-12)14-10-22-17(18-14)19-16(20)15-11(2)8-9-21-15/h4-10H,3H2,1-2H3,(H,18,19,20). The van der Waals surface area contributed by atoms with E-state index in [1.54, 1.807) is 0 Å². The number of carbonyl (C=O) groups excluding carboxylic acids is 1. The van der Waals surface area contributed by atoms with Crippen molar-refractivity contribution in [2.24, 2.45) is 0 Å². The summed E-state index contributed by atoms with van der Waals surface area (Å²) in [4.78, 5) is 17.4. The van der Waals surface area contributed by atoms with Gasteiger partial charge >= 0.3 is 0 Å². The van der Waals surface area contributed by atoms with Crippen molar-refractivity contribution in [1.29, 1.82) is 0 Å². The fourth-order valence-corrected chi connectivity index (χ4v) is 3.67. The van der Waals surface area contributed by atoms with Crippen LogP contribution in [0.5, 0.6) is 0 Å². The van der Waals surface area contributed by atoms with Gasteiger partial charge in [0.25, 0.3) is 5.91 Å². The molecule has 0 radical (unpaired) electrons. The van der Waals surface area contributed by atoms with Crippen LogP contribution in [0.1, 0.15) is 27.7 Å². The predicted octanol–water partition coefficient (Wildman–Crippen LogP) is 4.99. The van der Waals surface area contributed by atoms with Crippen molar-refractivity contribution in [3.05, 3.63) is 57.1 Å². The maximum Gasteiger partial charge on any atom is 0.267 e. The number of thiophene rings is 1. The highest BCUT2D eigenvalue weighted by molar-refractivity contribution is 7.14. The van der Waals surface area contributed by atoms with E-state index in [-0.39, 0.29) is 5.91 Å². The van der Waals surface area contributed by atoms with Crippen molar-refractivity contribution in [2.75, 3.05) is 5.32 Å². The molecule has 2 heterocycles. The molecule has 3 aromatic rings. The highest BCUT2D eigenvalue weighted by Gasteiger charge is 2.13. The second kappa shape index (κ2) is 6.42. The number of benzene rings is 1. The van der Waals surface area contributed by atoms with Crippen LogP contribution in [-0.2, 0) is 6.42 Å². The molecule has 2 aromatic heterocycles. The minimum Gasteiger partial charge on any atom is -0.297 e. The number of thiazole rings is 1. The van der Waals surface area contributed by atoms with Gasteiger partial charge in [0, 0.05) is 10.9 Å². The van der Waals surface area contributed by atoms with Crippen LogP contribution in [0.2, 0.25) is 0 Å². The SMILES string of the molecule is CCc1ccc(-c2csc(NC(=O)c3sccc3C)n2)cc1. The van der Waals surface area contributed by atoms with Crippen LogP contribution in [0.25, 0.3) is 11.3 Å². The maximum atomic E-state index is 12.2. The molecule has 1 N–H and O–H groups in total. The summed E-state index contributed by atoms with van der Waals surface area (Å²) in [6, 6.07) is 10.3. The van der Waals surface area contributed by atoms with E-state index in [0.29, 0.717) is 5.13 Å². The maximum absolute atomic E-state index is 12.2. The van der Waals surface area contributed by atoms with Crippen molar-refractivity contribution in [3.8, 4) is 11.3 Å². The highest BCUT2D eigenvalue weighted by Crippen LogP contribution is 2.26. The molecule has 3 nitrogen and oxygen atoms in total. The Morgan fingerprint density at radius 2 is 1.95 bits per heavy atom. The van der Waals surface area contributed by atoms with Crippen molar-refractivity contribution in [2.45, 2.75) is 20.3 Å². The lowest BCUT2D eigenvalue weighted by molar-refractivity contribution is 0.103. The quantitative estimate of drug-likeness (QED) is 0.732. The molecule has 0 saturated heterocycles. The zero-order chi connectivity index (χ0) is 15.5. The summed E-state index contributed by atoms with van der Waals surface area (Å²) in [6.45, 7) is 4.08. The molecule has 0 atom stereocenters. The van der Waals surface area contributed by atoms with Crippen molar-refractivity contribution in [1.82, 2.24) is 4.98 Å². The molecule has 0 fully saturated rings. The van der Waals surface area contributed by atoms with Crippen LogP contribution >= 0.6 is 22.7 Å². The number of hydrogen-bond acceptors (Lipinski definition) is 4. The molecule has 1 amide bonds. The molecule has 3 rings (SSSR count). The van der Waals surface area contributed by atoms with Crippen LogP contribution in [0.4, 0.5) is 5.13 Å². The summed E-state index contributed by atoms with van der Waals surface area (Å²) in [5, 5.41) is 7.40. The van der Waals surface area contributed by atoms with E-state index in [9.17, 15) is 4.79 Å². The zero-order valence-corrected chi connectivity index (χ0v) is 14.1. The molecule has 0 spiro atoms. The molecule has 0 unspecified atom stereocenters. The Morgan fingerprint density at radius 1 is 1.18 bits per heavy atom. The van der Waals surface area contributed by atoms with Gasteiger partial charge in [0.05, 0.1) is 10.6 Å². The largest absolute Gasteiger partial charge is 0.297 e. The summed E-state index contributed by atoms with van der Waals surface area (Å²) in [5.41, 5.74) is 4.27. The van der Waals surface area contributed by atoms with E-state index in [0.717, 1.165) is 28.1 Å². The average molecular weight is 328 g/mol. The number of hydrogen-bond donors (Lipinski definition) is 1. The molecule has 0 saturated carbocycles. The molecule has 5 heteroatoms. The van der Waals surface area contributed by atoms with E-state index >= 15 is 0 Å². The fourth-order valence-electron chi connectivity index (χ4n) is 2.13. The first kappa shape index (κ1) is 14.9. The fraction of sp³-hybridized carbons (Fsp3) is 0.176. The van der Waals surface area contributed by atoms with Crippen LogP contribution in [-0.4, -0.2) is 10.9 Å². The van der Waals surface area contributed by atoms with E-state index in [1.165, 1.54) is 28.2 Å². The number of aryl methyl sites for hydroxylation is 2. The third-order valence-electron chi connectivity index (χ3n) is 3.45. The van der Waals surface area contributed by atoms with Gasteiger partial charge in [0.2, 0.25) is 0 Å². The number of nitrogens with zero attached hydrogens (tertiary/aromatic N) is 1. The Morgan fingerprint density at radius 3 is 2.59 bits per heavy atom. The minimum absolute atomic E-state index is 0.0882. The second-order valence-corrected chi connectivity index (χ2v) is 6.75. The Bertz CT molecular complexity index is 787. The van der Waals surface area contributed by atoms with Gasteiger partial charge in [-0.25, -0.2) is 4.98 Å². The van der Waals surface area contributed by atoms with Gasteiger partial charge in [0.1, 0.15) is 0 Å². The summed E-state index contributed by atoms with van der Waals surface area (Å²) in [7, 11) is 0. The molecule has 112 valence electrons. The van der Waals surface area contributed by atoms with Gasteiger partial charge in [-0.05, 0) is 35.9 Å². The topological polar surface area (TPSA) is 42.0 Å². The predicted molar refractivity (Wildman–Crippen MR) is 93.9 cm³/mol. The smallest absolute Gasteiger partial charge is 0.267 e. The van der Waals surface area contributed by atoms with Crippen molar-refractivity contribution < 1.29 is 4.79 Å². The molecule has 0 aliphatic heterocycles. The lowest BCUT2D eigenvalue weighted by Crippen LogP contribution is -2.10. The van der Waals surface area contributed by atoms with E-state index < -0.39 is 0 Å². The number of amides is 1. The number of rotatable bonds is 4. The number of nitrogens with one attached hydrogen (secondary N) is 1. The number of aromatic nitrogens is 1. The van der Waals surface area contributed by atoms with Gasteiger partial charge in [0.15, 0.2) is 5.13 Å². The van der Waals surface area contributed by atoms with Crippen LogP contribution < -0.4 is 5.32 Å². The third-order valence-corrected chi connectivity index (χ3v) is 5.22. The molecule has 0 aliphatic carbocycles. The Labute approximate surface area is 137 Å². The lowest BCUT2D eigenvalue weighted by Gasteiger charge is -2.01. The first-order valence-corrected chi connectivity index (χ1v) is 8.83. The Hall–Kier alpha value is -1.98. The van der Waals surface area contributed by atoms with Gasteiger partial charge in [-0.15, -0.1) is 22.7 Å². The summed E-state index contributed by atoms with van der Waals surface area (Å²) < 4.78 is 0.